The van der Waals surface area contributed by atoms with Crippen molar-refractivity contribution in [2.45, 2.75) is 38.8 Å². The Bertz CT molecular complexity index is 507. The molecule has 0 aliphatic heterocycles. The van der Waals surface area contributed by atoms with Gasteiger partial charge in [-0.25, -0.2) is 4.39 Å². The van der Waals surface area contributed by atoms with Gasteiger partial charge in [0.15, 0.2) is 0 Å². The van der Waals surface area contributed by atoms with Gasteiger partial charge in [-0.15, -0.1) is 0 Å². The number of rotatable bonds is 6. The standard InChI is InChI=1S/C18H22FN/c1-14(8-9-16-6-4-3-5-7-16)20-15(2)17-10-12-18(19)13-11-17/h3-7,10-15,20H,8-9H2,1-2H3/t14?,15-/m0/s1. The Morgan fingerprint density at radius 1 is 0.950 bits per heavy atom. The number of hydrogen-bond donors (Lipinski definition) is 1. The highest BCUT2D eigenvalue weighted by molar-refractivity contribution is 5.19. The van der Waals surface area contributed by atoms with Crippen LogP contribution in [-0.2, 0) is 6.42 Å². The first kappa shape index (κ1) is 14.7. The van der Waals surface area contributed by atoms with Crippen molar-refractivity contribution in [2.75, 3.05) is 0 Å². The molecule has 1 N–H and O–H groups in total. The highest BCUT2D eigenvalue weighted by Gasteiger charge is 2.09. The first-order valence-corrected chi connectivity index (χ1v) is 7.20. The first-order chi connectivity index (χ1) is 9.65. The number of hydrogen-bond acceptors (Lipinski definition) is 1. The number of halogens is 1. The van der Waals surface area contributed by atoms with Crippen molar-refractivity contribution in [3.05, 3.63) is 71.5 Å². The molecule has 2 atom stereocenters. The molecule has 0 radical (unpaired) electrons. The van der Waals surface area contributed by atoms with E-state index in [-0.39, 0.29) is 11.9 Å². The fourth-order valence-corrected chi connectivity index (χ4v) is 2.39. The SMILES string of the molecule is CC(CCc1ccccc1)N[C@@H](C)c1ccc(F)cc1. The average molecular weight is 271 g/mol. The van der Waals surface area contributed by atoms with Crippen LogP contribution in [0.3, 0.4) is 0 Å². The van der Waals surface area contributed by atoms with Crippen molar-refractivity contribution in [1.82, 2.24) is 5.32 Å². The zero-order chi connectivity index (χ0) is 14.4. The largest absolute Gasteiger partial charge is 0.308 e. The van der Waals surface area contributed by atoms with Gasteiger partial charge in [0, 0.05) is 12.1 Å². The Labute approximate surface area is 120 Å². The number of nitrogens with one attached hydrogen (secondary N) is 1. The van der Waals surface area contributed by atoms with E-state index in [0.29, 0.717) is 6.04 Å². The summed E-state index contributed by atoms with van der Waals surface area (Å²) < 4.78 is 12.9. The second-order valence-corrected chi connectivity index (χ2v) is 5.37. The third kappa shape index (κ3) is 4.46. The molecule has 20 heavy (non-hydrogen) atoms. The monoisotopic (exact) mass is 271 g/mol. The highest BCUT2D eigenvalue weighted by Crippen LogP contribution is 2.15. The van der Waals surface area contributed by atoms with Gasteiger partial charge in [-0.05, 0) is 49.9 Å². The minimum absolute atomic E-state index is 0.182. The van der Waals surface area contributed by atoms with E-state index < -0.39 is 0 Å². The summed E-state index contributed by atoms with van der Waals surface area (Å²) in [6, 6.07) is 17.9. The normalized spacial score (nSPS) is 13.9. The maximum atomic E-state index is 12.9. The molecule has 2 heteroatoms. The van der Waals surface area contributed by atoms with E-state index in [4.69, 9.17) is 0 Å². The molecule has 1 unspecified atom stereocenters. The van der Waals surface area contributed by atoms with E-state index in [1.807, 2.05) is 18.2 Å². The predicted octanol–water partition coefficient (Wildman–Crippen LogP) is 4.50. The van der Waals surface area contributed by atoms with Crippen LogP contribution >= 0.6 is 0 Å². The summed E-state index contributed by atoms with van der Waals surface area (Å²) in [5.41, 5.74) is 2.49. The van der Waals surface area contributed by atoms with E-state index in [1.54, 1.807) is 0 Å². The Morgan fingerprint density at radius 3 is 2.25 bits per heavy atom. The van der Waals surface area contributed by atoms with Gasteiger partial charge in [-0.1, -0.05) is 42.5 Å². The average Bonchev–Trinajstić information content (AvgIpc) is 2.47. The molecule has 0 saturated carbocycles. The van der Waals surface area contributed by atoms with E-state index in [2.05, 4.69) is 43.4 Å². The number of aryl methyl sites for hydroxylation is 1. The van der Waals surface area contributed by atoms with Crippen LogP contribution in [0.4, 0.5) is 4.39 Å². The van der Waals surface area contributed by atoms with Crippen molar-refractivity contribution in [3.63, 3.8) is 0 Å². The van der Waals surface area contributed by atoms with Crippen LogP contribution in [0.1, 0.15) is 37.4 Å². The summed E-state index contributed by atoms with van der Waals surface area (Å²) in [6.07, 6.45) is 2.17. The lowest BCUT2D eigenvalue weighted by Gasteiger charge is -2.20. The van der Waals surface area contributed by atoms with Gasteiger partial charge in [-0.2, -0.15) is 0 Å². The van der Waals surface area contributed by atoms with Crippen molar-refractivity contribution >= 4 is 0 Å². The van der Waals surface area contributed by atoms with Crippen LogP contribution in [-0.4, -0.2) is 6.04 Å². The molecule has 0 aliphatic rings. The van der Waals surface area contributed by atoms with Crippen LogP contribution < -0.4 is 5.32 Å². The Morgan fingerprint density at radius 2 is 1.60 bits per heavy atom. The van der Waals surface area contributed by atoms with Gasteiger partial charge in [0.2, 0.25) is 0 Å². The minimum atomic E-state index is -0.182. The lowest BCUT2D eigenvalue weighted by Crippen LogP contribution is -2.29. The van der Waals surface area contributed by atoms with Crippen molar-refractivity contribution < 1.29 is 4.39 Å². The molecule has 0 heterocycles. The first-order valence-electron chi connectivity index (χ1n) is 7.20. The second kappa shape index (κ2) is 7.20. The molecular weight excluding hydrogens is 249 g/mol. The quantitative estimate of drug-likeness (QED) is 0.815. The van der Waals surface area contributed by atoms with E-state index in [9.17, 15) is 4.39 Å². The van der Waals surface area contributed by atoms with Crippen LogP contribution in [0.5, 0.6) is 0 Å². The fourth-order valence-electron chi connectivity index (χ4n) is 2.39. The maximum absolute atomic E-state index is 12.9. The summed E-state index contributed by atoms with van der Waals surface area (Å²) in [7, 11) is 0. The highest BCUT2D eigenvalue weighted by atomic mass is 19.1. The van der Waals surface area contributed by atoms with E-state index in [1.165, 1.54) is 17.7 Å². The molecule has 0 bridgehead atoms. The molecule has 0 spiro atoms. The van der Waals surface area contributed by atoms with Crippen LogP contribution in [0.25, 0.3) is 0 Å². The molecule has 106 valence electrons. The van der Waals surface area contributed by atoms with Crippen LogP contribution in [0.2, 0.25) is 0 Å². The van der Waals surface area contributed by atoms with E-state index >= 15 is 0 Å². The lowest BCUT2D eigenvalue weighted by atomic mass is 10.0. The lowest BCUT2D eigenvalue weighted by molar-refractivity contribution is 0.456. The zero-order valence-corrected chi connectivity index (χ0v) is 12.1. The van der Waals surface area contributed by atoms with E-state index in [0.717, 1.165) is 18.4 Å². The number of benzene rings is 2. The summed E-state index contributed by atoms with van der Waals surface area (Å²) in [6.45, 7) is 4.31. The summed E-state index contributed by atoms with van der Waals surface area (Å²) in [4.78, 5) is 0. The predicted molar refractivity (Wildman–Crippen MR) is 82.2 cm³/mol. The van der Waals surface area contributed by atoms with Gasteiger partial charge in [0.1, 0.15) is 5.82 Å². The fraction of sp³-hybridized carbons (Fsp3) is 0.333. The molecule has 0 amide bonds. The van der Waals surface area contributed by atoms with Crippen molar-refractivity contribution in [1.29, 1.82) is 0 Å². The summed E-state index contributed by atoms with van der Waals surface area (Å²) in [5.74, 6) is -0.182. The Kier molecular flexibility index (Phi) is 5.31. The van der Waals surface area contributed by atoms with Crippen LogP contribution in [0, 0.1) is 5.82 Å². The zero-order valence-electron chi connectivity index (χ0n) is 12.1. The topological polar surface area (TPSA) is 12.0 Å². The van der Waals surface area contributed by atoms with Crippen molar-refractivity contribution in [3.8, 4) is 0 Å². The molecular formula is C18H22FN. The molecule has 0 fully saturated rings. The van der Waals surface area contributed by atoms with Gasteiger partial charge >= 0.3 is 0 Å². The van der Waals surface area contributed by atoms with Gasteiger partial charge in [0.25, 0.3) is 0 Å². The smallest absolute Gasteiger partial charge is 0.123 e. The maximum Gasteiger partial charge on any atom is 0.123 e. The summed E-state index contributed by atoms with van der Waals surface area (Å²) >= 11 is 0. The van der Waals surface area contributed by atoms with Gasteiger partial charge < -0.3 is 5.32 Å². The van der Waals surface area contributed by atoms with Gasteiger partial charge in [-0.3, -0.25) is 0 Å². The van der Waals surface area contributed by atoms with Crippen LogP contribution in [0.15, 0.2) is 54.6 Å². The minimum Gasteiger partial charge on any atom is -0.308 e. The third-order valence-electron chi connectivity index (χ3n) is 3.61. The molecule has 0 aromatic heterocycles. The molecule has 1 nitrogen and oxygen atoms in total. The van der Waals surface area contributed by atoms with Gasteiger partial charge in [0.05, 0.1) is 0 Å². The molecule has 0 saturated heterocycles. The summed E-state index contributed by atoms with van der Waals surface area (Å²) in [5, 5.41) is 3.56. The third-order valence-corrected chi connectivity index (χ3v) is 3.61. The second-order valence-electron chi connectivity index (χ2n) is 5.37. The molecule has 0 aliphatic carbocycles. The van der Waals surface area contributed by atoms with Crippen molar-refractivity contribution in [2.24, 2.45) is 0 Å². The molecule has 2 aromatic carbocycles. The Hall–Kier alpha value is -1.67. The Balaban J connectivity index is 1.82. The molecule has 2 rings (SSSR count). The molecule has 2 aromatic rings.